The van der Waals surface area contributed by atoms with E-state index in [1.165, 1.54) is 0 Å². The summed E-state index contributed by atoms with van der Waals surface area (Å²) in [6.45, 7) is -0.880. The summed E-state index contributed by atoms with van der Waals surface area (Å²) in [4.78, 5) is 10.5. The molecule has 0 aromatic carbocycles. The summed E-state index contributed by atoms with van der Waals surface area (Å²) < 4.78 is 8.85. The Morgan fingerprint density at radius 2 is 2.07 bits per heavy atom. The molecule has 4 N–H and O–H groups in total. The molecule has 1 heterocycles. The van der Waals surface area contributed by atoms with Crippen LogP contribution in [0.3, 0.4) is 0 Å². The third-order valence-corrected chi connectivity index (χ3v) is 1.93. The molecule has 14 heavy (non-hydrogen) atoms. The van der Waals surface area contributed by atoms with E-state index in [0.717, 1.165) is 0 Å². The molecule has 0 radical (unpaired) electrons. The second-order valence-corrected chi connectivity index (χ2v) is 2.95. The minimum atomic E-state index is -1.58. The Labute approximate surface area is 79.5 Å². The lowest BCUT2D eigenvalue weighted by Crippen LogP contribution is -2.46. The molecule has 4 atom stereocenters. The first kappa shape index (κ1) is 11.2. The quantitative estimate of drug-likeness (QED) is 0.380. The van der Waals surface area contributed by atoms with Crippen molar-refractivity contribution in [2.45, 2.75) is 24.4 Å². The van der Waals surface area contributed by atoms with Crippen LogP contribution in [-0.2, 0) is 9.47 Å². The molecule has 0 bridgehead atoms. The molecule has 1 fully saturated rings. The van der Waals surface area contributed by atoms with E-state index < -0.39 is 37.2 Å². The fourth-order valence-corrected chi connectivity index (χ4v) is 1.07. The molecule has 1 aliphatic heterocycles. The molecular weight excluding hydrogens is 196 g/mol. The monoisotopic (exact) mass is 208 g/mol. The van der Waals surface area contributed by atoms with E-state index in [9.17, 15) is 15.0 Å². The van der Waals surface area contributed by atoms with Gasteiger partial charge in [0.25, 0.3) is 0 Å². The van der Waals surface area contributed by atoms with Gasteiger partial charge < -0.3 is 29.9 Å². The summed E-state index contributed by atoms with van der Waals surface area (Å²) in [5.74, 6) is 0. The lowest BCUT2D eigenvalue weighted by Gasteiger charge is -2.23. The zero-order valence-corrected chi connectivity index (χ0v) is 7.24. The third-order valence-electron chi connectivity index (χ3n) is 1.93. The smallest absolute Gasteiger partial charge is 0.430 e. The van der Waals surface area contributed by atoms with Gasteiger partial charge >= 0.3 is 6.16 Å². The van der Waals surface area contributed by atoms with Gasteiger partial charge in [-0.05, 0) is 0 Å². The number of ether oxygens (including phenoxy) is 2. The minimum absolute atomic E-state index is 0.185. The zero-order chi connectivity index (χ0) is 10.7. The van der Waals surface area contributed by atoms with Gasteiger partial charge in [-0.1, -0.05) is 0 Å². The highest BCUT2D eigenvalue weighted by Gasteiger charge is 2.38. The van der Waals surface area contributed by atoms with Gasteiger partial charge in [-0.15, -0.1) is 0 Å². The van der Waals surface area contributed by atoms with Crippen molar-refractivity contribution in [1.82, 2.24) is 0 Å². The van der Waals surface area contributed by atoms with Gasteiger partial charge in [0.1, 0.15) is 24.9 Å². The largest absolute Gasteiger partial charge is 0.508 e. The van der Waals surface area contributed by atoms with Gasteiger partial charge in [-0.3, -0.25) is 0 Å². The molecule has 0 aliphatic carbocycles. The number of carbonyl (C=O) groups is 1. The number of hydrogen-bond donors (Lipinski definition) is 4. The van der Waals surface area contributed by atoms with Crippen molar-refractivity contribution in [3.05, 3.63) is 0 Å². The molecule has 1 unspecified atom stereocenters. The highest BCUT2D eigenvalue weighted by atomic mass is 16.8. The summed E-state index contributed by atoms with van der Waals surface area (Å²) in [5.41, 5.74) is 0. The van der Waals surface area contributed by atoms with E-state index in [1.54, 1.807) is 0 Å². The van der Waals surface area contributed by atoms with Crippen molar-refractivity contribution in [2.24, 2.45) is 0 Å². The molecule has 82 valence electrons. The lowest BCUT2D eigenvalue weighted by molar-refractivity contribution is -0.108. The molecule has 1 rings (SSSR count). The van der Waals surface area contributed by atoms with Crippen LogP contribution in [0.4, 0.5) is 4.79 Å². The van der Waals surface area contributed by atoms with Crippen LogP contribution in [0, 0.1) is 0 Å². The van der Waals surface area contributed by atoms with E-state index >= 15 is 0 Å². The number of aliphatic hydroxyl groups excluding tert-OH is 4. The number of hydrogen-bond acceptors (Lipinski definition) is 7. The number of carbonyl (C=O) groups excluding carboxylic acids is 1. The maximum atomic E-state index is 10.5. The van der Waals surface area contributed by atoms with Gasteiger partial charge in [-0.2, -0.15) is 0 Å². The van der Waals surface area contributed by atoms with Crippen LogP contribution in [0.5, 0.6) is 0 Å². The van der Waals surface area contributed by atoms with Crippen molar-refractivity contribution in [1.29, 1.82) is 0 Å². The van der Waals surface area contributed by atoms with Crippen LogP contribution in [0.2, 0.25) is 0 Å². The van der Waals surface area contributed by atoms with Crippen LogP contribution in [0.25, 0.3) is 0 Å². The minimum Gasteiger partial charge on any atom is -0.430 e. The van der Waals surface area contributed by atoms with E-state index in [2.05, 4.69) is 9.47 Å². The molecule has 0 spiro atoms. The third kappa shape index (κ3) is 2.32. The second-order valence-electron chi connectivity index (χ2n) is 2.95. The second kappa shape index (κ2) is 4.56. The van der Waals surface area contributed by atoms with Crippen molar-refractivity contribution >= 4 is 6.16 Å². The Morgan fingerprint density at radius 1 is 1.43 bits per heavy atom. The SMILES string of the molecule is O=C1OC[C@@H](C(O)[C@H](O)[C@H](O)CO)O1. The Hall–Kier alpha value is -0.890. The van der Waals surface area contributed by atoms with E-state index in [0.29, 0.717) is 0 Å². The lowest BCUT2D eigenvalue weighted by atomic mass is 10.0. The van der Waals surface area contributed by atoms with Crippen LogP contribution >= 0.6 is 0 Å². The van der Waals surface area contributed by atoms with E-state index in [-0.39, 0.29) is 6.61 Å². The normalized spacial score (nSPS) is 27.7. The average molecular weight is 208 g/mol. The molecule has 1 saturated heterocycles. The van der Waals surface area contributed by atoms with Gasteiger partial charge in [0.05, 0.1) is 6.61 Å². The van der Waals surface area contributed by atoms with Crippen LogP contribution in [0.15, 0.2) is 0 Å². The summed E-state index contributed by atoms with van der Waals surface area (Å²) in [5, 5.41) is 36.1. The first-order valence-corrected chi connectivity index (χ1v) is 4.04. The molecule has 1 aliphatic rings. The zero-order valence-electron chi connectivity index (χ0n) is 7.24. The Bertz CT molecular complexity index is 206. The Kier molecular flexibility index (Phi) is 3.64. The predicted molar refractivity (Wildman–Crippen MR) is 41.3 cm³/mol. The highest BCUT2D eigenvalue weighted by molar-refractivity contribution is 5.61. The van der Waals surface area contributed by atoms with Crippen molar-refractivity contribution in [3.63, 3.8) is 0 Å². The van der Waals surface area contributed by atoms with Gasteiger partial charge in [0.2, 0.25) is 0 Å². The topological polar surface area (TPSA) is 116 Å². The van der Waals surface area contributed by atoms with Gasteiger partial charge in [0.15, 0.2) is 6.10 Å². The molecule has 0 aromatic heterocycles. The molecule has 7 nitrogen and oxygen atoms in total. The standard InChI is InChI=1S/C7H12O7/c8-1-3(9)5(10)6(11)4-2-13-7(12)14-4/h3-6,8-11H,1-2H2/t3-,4+,5-,6?/m1/s1. The maximum absolute atomic E-state index is 10.5. The first-order chi connectivity index (χ1) is 6.56. The Morgan fingerprint density at radius 3 is 2.50 bits per heavy atom. The summed E-state index contributed by atoms with van der Waals surface area (Å²) in [6.07, 6.45) is -6.49. The molecule has 0 saturated carbocycles. The fraction of sp³-hybridized carbons (Fsp3) is 0.857. The molecular formula is C7H12O7. The van der Waals surface area contributed by atoms with Crippen LogP contribution < -0.4 is 0 Å². The van der Waals surface area contributed by atoms with Crippen molar-refractivity contribution < 1.29 is 34.7 Å². The van der Waals surface area contributed by atoms with Gasteiger partial charge in [-0.25, -0.2) is 4.79 Å². The van der Waals surface area contributed by atoms with Crippen molar-refractivity contribution in [2.75, 3.05) is 13.2 Å². The first-order valence-electron chi connectivity index (χ1n) is 4.04. The fourth-order valence-electron chi connectivity index (χ4n) is 1.07. The number of cyclic esters (lactones) is 2. The van der Waals surface area contributed by atoms with E-state index in [4.69, 9.17) is 10.2 Å². The Balaban J connectivity index is 2.47. The van der Waals surface area contributed by atoms with E-state index in [1.807, 2.05) is 0 Å². The van der Waals surface area contributed by atoms with Gasteiger partial charge in [0, 0.05) is 0 Å². The van der Waals surface area contributed by atoms with Crippen molar-refractivity contribution in [3.8, 4) is 0 Å². The average Bonchev–Trinajstić information content (AvgIpc) is 2.61. The van der Waals surface area contributed by atoms with Crippen LogP contribution in [0.1, 0.15) is 0 Å². The predicted octanol–water partition coefficient (Wildman–Crippen LogP) is -2.40. The number of rotatable bonds is 4. The molecule has 0 aromatic rings. The summed E-state index contributed by atoms with van der Waals surface area (Å²) >= 11 is 0. The number of aliphatic hydroxyl groups is 4. The van der Waals surface area contributed by atoms with Crippen LogP contribution in [-0.4, -0.2) is 64.2 Å². The molecule has 0 amide bonds. The summed E-state index contributed by atoms with van der Waals surface area (Å²) in [6, 6.07) is 0. The maximum Gasteiger partial charge on any atom is 0.508 e. The molecule has 7 heteroatoms. The highest BCUT2D eigenvalue weighted by Crippen LogP contribution is 2.14. The summed E-state index contributed by atoms with van der Waals surface area (Å²) in [7, 11) is 0.